The van der Waals surface area contributed by atoms with Gasteiger partial charge in [-0.25, -0.2) is 9.67 Å². The molecule has 2 heterocycles. The fourth-order valence-electron chi connectivity index (χ4n) is 2.64. The van der Waals surface area contributed by atoms with Gasteiger partial charge in [0.2, 0.25) is 0 Å². The van der Waals surface area contributed by atoms with E-state index in [1.807, 2.05) is 6.07 Å². The van der Waals surface area contributed by atoms with Gasteiger partial charge in [0.15, 0.2) is 0 Å². The van der Waals surface area contributed by atoms with E-state index in [-0.39, 0.29) is 0 Å². The monoisotopic (exact) mass is 340 g/mol. The summed E-state index contributed by atoms with van der Waals surface area (Å²) in [5, 5.41) is 9.28. The molecule has 1 atom stereocenters. The molecule has 22 heavy (non-hydrogen) atoms. The molecule has 0 N–H and O–H groups in total. The van der Waals surface area contributed by atoms with Crippen molar-refractivity contribution in [2.75, 3.05) is 13.7 Å². The van der Waals surface area contributed by atoms with Crippen LogP contribution in [0.5, 0.6) is 0 Å². The van der Waals surface area contributed by atoms with Gasteiger partial charge in [-0.2, -0.15) is 5.10 Å². The van der Waals surface area contributed by atoms with Crippen molar-refractivity contribution in [3.63, 3.8) is 0 Å². The molecule has 1 aliphatic rings. The van der Waals surface area contributed by atoms with E-state index in [2.05, 4.69) is 15.2 Å². The van der Waals surface area contributed by atoms with Crippen molar-refractivity contribution >= 4 is 28.9 Å². The molecule has 1 saturated heterocycles. The minimum absolute atomic E-state index is 0.376. The average Bonchev–Trinajstić information content (AvgIpc) is 3.10. The minimum Gasteiger partial charge on any atom is -0.399 e. The van der Waals surface area contributed by atoms with E-state index in [9.17, 15) is 0 Å². The van der Waals surface area contributed by atoms with Gasteiger partial charge in [0.1, 0.15) is 25.4 Å². The fourth-order valence-corrected chi connectivity index (χ4v) is 3.22. The van der Waals surface area contributed by atoms with Gasteiger partial charge in [0.25, 0.3) is 0 Å². The van der Waals surface area contributed by atoms with Gasteiger partial charge in [-0.15, -0.1) is 0 Å². The van der Waals surface area contributed by atoms with E-state index in [1.165, 1.54) is 13.4 Å². The largest absolute Gasteiger partial charge is 0.399 e. The Balaban J connectivity index is 2.01. The van der Waals surface area contributed by atoms with Crippen molar-refractivity contribution < 1.29 is 9.57 Å². The van der Waals surface area contributed by atoms with Gasteiger partial charge < -0.3 is 9.57 Å². The third-order valence-corrected chi connectivity index (χ3v) is 4.08. The number of hydrogen-bond acceptors (Lipinski definition) is 5. The number of benzene rings is 1. The second-order valence-corrected chi connectivity index (χ2v) is 5.86. The topological polar surface area (TPSA) is 61.5 Å². The maximum absolute atomic E-state index is 6.38. The number of aromatic nitrogens is 3. The molecular formula is C14H14Cl2N4O2. The van der Waals surface area contributed by atoms with Crippen LogP contribution in [0.4, 0.5) is 0 Å². The molecule has 8 heteroatoms. The van der Waals surface area contributed by atoms with Crippen LogP contribution in [0.15, 0.2) is 36.0 Å². The zero-order chi connectivity index (χ0) is 15.6. The first-order valence-electron chi connectivity index (χ1n) is 6.64. The van der Waals surface area contributed by atoms with E-state index in [1.54, 1.807) is 23.1 Å². The predicted octanol–water partition coefficient (Wildman–Crippen LogP) is 2.90. The van der Waals surface area contributed by atoms with Crippen LogP contribution in [0.25, 0.3) is 0 Å². The third-order valence-electron chi connectivity index (χ3n) is 3.53. The summed E-state index contributed by atoms with van der Waals surface area (Å²) in [5.74, 6) is 0. The van der Waals surface area contributed by atoms with Gasteiger partial charge in [-0.05, 0) is 12.1 Å². The van der Waals surface area contributed by atoms with Crippen molar-refractivity contribution in [2.24, 2.45) is 5.16 Å². The molecule has 1 unspecified atom stereocenters. The third kappa shape index (κ3) is 2.95. The highest BCUT2D eigenvalue weighted by Crippen LogP contribution is 2.41. The van der Waals surface area contributed by atoms with Crippen molar-refractivity contribution in [1.82, 2.24) is 14.8 Å². The van der Waals surface area contributed by atoms with Crippen LogP contribution in [0.1, 0.15) is 12.0 Å². The summed E-state index contributed by atoms with van der Waals surface area (Å²) in [6, 6.07) is 5.37. The Labute approximate surface area is 137 Å². The number of rotatable bonds is 4. The molecule has 1 aliphatic heterocycles. The summed E-state index contributed by atoms with van der Waals surface area (Å²) in [6.07, 6.45) is 3.68. The van der Waals surface area contributed by atoms with Gasteiger partial charge in [0.05, 0.1) is 18.9 Å². The zero-order valence-electron chi connectivity index (χ0n) is 11.9. The lowest BCUT2D eigenvalue weighted by Crippen LogP contribution is -2.31. The summed E-state index contributed by atoms with van der Waals surface area (Å²) >= 11 is 12.4. The Kier molecular flexibility index (Phi) is 4.33. The number of hydrogen-bond donors (Lipinski definition) is 0. The zero-order valence-corrected chi connectivity index (χ0v) is 13.4. The summed E-state index contributed by atoms with van der Waals surface area (Å²) in [7, 11) is 1.51. The first kappa shape index (κ1) is 15.3. The van der Waals surface area contributed by atoms with E-state index in [4.69, 9.17) is 32.8 Å². The van der Waals surface area contributed by atoms with Crippen LogP contribution in [0, 0.1) is 0 Å². The normalized spacial score (nSPS) is 23.1. The molecule has 0 amide bonds. The Morgan fingerprint density at radius 1 is 1.45 bits per heavy atom. The molecule has 3 rings (SSSR count). The first-order chi connectivity index (χ1) is 10.6. The summed E-state index contributed by atoms with van der Waals surface area (Å²) in [6.45, 7) is 0.846. The van der Waals surface area contributed by atoms with Crippen LogP contribution in [0.3, 0.4) is 0 Å². The van der Waals surface area contributed by atoms with Crippen LogP contribution >= 0.6 is 23.2 Å². The van der Waals surface area contributed by atoms with Gasteiger partial charge in [-0.1, -0.05) is 34.4 Å². The first-order valence-corrected chi connectivity index (χ1v) is 7.39. The van der Waals surface area contributed by atoms with Crippen LogP contribution in [-0.2, 0) is 21.7 Å². The smallest absolute Gasteiger partial charge is 0.137 e. The average molecular weight is 341 g/mol. The molecule has 0 bridgehead atoms. The maximum Gasteiger partial charge on any atom is 0.137 e. The predicted molar refractivity (Wildman–Crippen MR) is 83.2 cm³/mol. The molecule has 0 radical (unpaired) electrons. The van der Waals surface area contributed by atoms with Gasteiger partial charge in [0, 0.05) is 22.0 Å². The highest BCUT2D eigenvalue weighted by atomic mass is 35.5. The van der Waals surface area contributed by atoms with Crippen LogP contribution in [0.2, 0.25) is 10.0 Å². The molecule has 116 valence electrons. The molecule has 1 aromatic carbocycles. The Bertz CT molecular complexity index is 690. The lowest BCUT2D eigenvalue weighted by molar-refractivity contribution is -0.0162. The van der Waals surface area contributed by atoms with Gasteiger partial charge in [-0.3, -0.25) is 0 Å². The van der Waals surface area contributed by atoms with E-state index < -0.39 is 5.60 Å². The van der Waals surface area contributed by atoms with Crippen molar-refractivity contribution in [3.05, 3.63) is 46.5 Å². The Morgan fingerprint density at radius 3 is 3.00 bits per heavy atom. The fraction of sp³-hybridized carbons (Fsp3) is 0.357. The van der Waals surface area contributed by atoms with Crippen LogP contribution in [-0.4, -0.2) is 34.2 Å². The van der Waals surface area contributed by atoms with Gasteiger partial charge >= 0.3 is 0 Å². The second kappa shape index (κ2) is 6.24. The maximum atomic E-state index is 6.38. The number of ether oxygens (including phenoxy) is 1. The van der Waals surface area contributed by atoms with E-state index >= 15 is 0 Å². The standard InChI is InChI=1S/C14H14Cl2N4O2/c1-21-19-11-5-14(22-6-11,7-20-9-17-8-18-20)12-3-2-10(15)4-13(12)16/h2-4,8-9H,5-7H2,1H3. The molecule has 0 saturated carbocycles. The molecule has 0 aliphatic carbocycles. The van der Waals surface area contributed by atoms with E-state index in [0.717, 1.165) is 11.3 Å². The quantitative estimate of drug-likeness (QED) is 0.803. The molecule has 0 spiro atoms. The molecular weight excluding hydrogens is 327 g/mol. The lowest BCUT2D eigenvalue weighted by atomic mass is 9.90. The number of nitrogens with zero attached hydrogens (tertiary/aromatic N) is 4. The Hall–Kier alpha value is -1.63. The number of halogens is 2. The Morgan fingerprint density at radius 2 is 2.32 bits per heavy atom. The minimum atomic E-state index is -0.674. The number of oxime groups is 1. The summed E-state index contributed by atoms with van der Waals surface area (Å²) in [4.78, 5) is 8.83. The molecule has 6 nitrogen and oxygen atoms in total. The summed E-state index contributed by atoms with van der Waals surface area (Å²) < 4.78 is 7.77. The lowest BCUT2D eigenvalue weighted by Gasteiger charge is -2.29. The highest BCUT2D eigenvalue weighted by molar-refractivity contribution is 6.35. The second-order valence-electron chi connectivity index (χ2n) is 5.02. The summed E-state index contributed by atoms with van der Waals surface area (Å²) in [5.41, 5.74) is 0.983. The molecule has 1 fully saturated rings. The van der Waals surface area contributed by atoms with Crippen molar-refractivity contribution in [3.8, 4) is 0 Å². The van der Waals surface area contributed by atoms with Crippen molar-refractivity contribution in [2.45, 2.75) is 18.6 Å². The van der Waals surface area contributed by atoms with Crippen molar-refractivity contribution in [1.29, 1.82) is 0 Å². The molecule has 2 aromatic rings. The highest BCUT2D eigenvalue weighted by Gasteiger charge is 2.42. The SMILES string of the molecule is CON=C1COC(Cn2cncn2)(c2ccc(Cl)cc2Cl)C1. The molecule has 1 aromatic heterocycles. The van der Waals surface area contributed by atoms with Crippen LogP contribution < -0.4 is 0 Å². The van der Waals surface area contributed by atoms with E-state index in [0.29, 0.717) is 29.6 Å².